The lowest BCUT2D eigenvalue weighted by Crippen LogP contribution is -2.31. The van der Waals surface area contributed by atoms with Crippen LogP contribution in [0, 0.1) is 5.92 Å². The Kier molecular flexibility index (Phi) is 6.77. The summed E-state index contributed by atoms with van der Waals surface area (Å²) in [6, 6.07) is 11.9. The number of anilines is 2. The van der Waals surface area contributed by atoms with E-state index in [4.69, 9.17) is 9.47 Å². The molecule has 0 spiro atoms. The van der Waals surface area contributed by atoms with Gasteiger partial charge in [-0.3, -0.25) is 14.5 Å². The fraction of sp³-hybridized carbons (Fsp3) is 0.360. The number of methoxy groups -OCH3 is 2. The van der Waals surface area contributed by atoms with Gasteiger partial charge in [-0.15, -0.1) is 0 Å². The molecule has 2 aromatic carbocycles. The lowest BCUT2D eigenvalue weighted by molar-refractivity contribution is -0.118. The molecule has 0 saturated heterocycles. The van der Waals surface area contributed by atoms with Crippen molar-refractivity contribution in [2.75, 3.05) is 38.1 Å². The summed E-state index contributed by atoms with van der Waals surface area (Å²) in [6.07, 6.45) is 0.235. The number of benzene rings is 2. The number of carbonyl (C=O) groups excluding carboxylic acids is 2. The highest BCUT2D eigenvalue weighted by Gasteiger charge is 2.44. The van der Waals surface area contributed by atoms with E-state index in [1.807, 2.05) is 57.1 Å². The molecule has 7 nitrogen and oxygen atoms in total. The highest BCUT2D eigenvalue weighted by molar-refractivity contribution is 6.16. The molecule has 7 heteroatoms. The van der Waals surface area contributed by atoms with Gasteiger partial charge in [0.2, 0.25) is 0 Å². The Morgan fingerprint density at radius 3 is 2.22 bits per heavy atom. The molecule has 1 atom stereocenters. The summed E-state index contributed by atoms with van der Waals surface area (Å²) in [5, 5.41) is 10.8. The topological polar surface area (TPSA) is 79.3 Å². The molecule has 0 aliphatic carbocycles. The molecule has 1 aliphatic heterocycles. The molecule has 3 rings (SSSR count). The van der Waals surface area contributed by atoms with Crippen molar-refractivity contribution < 1.29 is 24.2 Å². The maximum absolute atomic E-state index is 13.2. The second-order valence-electron chi connectivity index (χ2n) is 8.39. The maximum atomic E-state index is 13.2. The molecule has 0 bridgehead atoms. The number of Topliss-reactive ketones (excluding diaryl/α,β-unsaturated/α-hetero) is 1. The zero-order valence-electron chi connectivity index (χ0n) is 19.4. The van der Waals surface area contributed by atoms with Crippen molar-refractivity contribution in [2.24, 2.45) is 5.92 Å². The molecule has 32 heavy (non-hydrogen) atoms. The summed E-state index contributed by atoms with van der Waals surface area (Å²) in [6.45, 7) is 3.86. The Balaban J connectivity index is 2.15. The number of amides is 1. The smallest absolute Gasteiger partial charge is 0.294 e. The van der Waals surface area contributed by atoms with Crippen molar-refractivity contribution in [3.63, 3.8) is 0 Å². The van der Waals surface area contributed by atoms with Crippen molar-refractivity contribution in [2.45, 2.75) is 26.3 Å². The number of rotatable bonds is 8. The van der Waals surface area contributed by atoms with Gasteiger partial charge in [0, 0.05) is 38.0 Å². The third-order valence-electron chi connectivity index (χ3n) is 5.47. The van der Waals surface area contributed by atoms with Crippen LogP contribution >= 0.6 is 0 Å². The molecule has 0 radical (unpaired) electrons. The Morgan fingerprint density at radius 2 is 1.69 bits per heavy atom. The number of hydrogen-bond acceptors (Lipinski definition) is 6. The van der Waals surface area contributed by atoms with Crippen LogP contribution in [0.2, 0.25) is 0 Å². The fourth-order valence-electron chi connectivity index (χ4n) is 3.88. The second-order valence-corrected chi connectivity index (χ2v) is 8.39. The predicted molar refractivity (Wildman–Crippen MR) is 125 cm³/mol. The quantitative estimate of drug-likeness (QED) is 0.663. The first kappa shape index (κ1) is 23.2. The van der Waals surface area contributed by atoms with Crippen LogP contribution in [0.25, 0.3) is 0 Å². The van der Waals surface area contributed by atoms with Gasteiger partial charge >= 0.3 is 0 Å². The van der Waals surface area contributed by atoms with Gasteiger partial charge < -0.3 is 19.5 Å². The minimum absolute atomic E-state index is 0.0878. The Bertz CT molecular complexity index is 1040. The monoisotopic (exact) mass is 438 g/mol. The van der Waals surface area contributed by atoms with Gasteiger partial charge in [-0.2, -0.15) is 0 Å². The highest BCUT2D eigenvalue weighted by atomic mass is 16.5. The first-order valence-corrected chi connectivity index (χ1v) is 10.5. The van der Waals surface area contributed by atoms with Gasteiger partial charge in [-0.1, -0.05) is 26.0 Å². The second kappa shape index (κ2) is 9.34. The average Bonchev–Trinajstić information content (AvgIpc) is 3.03. The van der Waals surface area contributed by atoms with E-state index in [9.17, 15) is 14.7 Å². The van der Waals surface area contributed by atoms with E-state index in [0.29, 0.717) is 17.2 Å². The summed E-state index contributed by atoms with van der Waals surface area (Å²) in [5.41, 5.74) is 2.33. The molecule has 1 amide bonds. The molecule has 1 aliphatic rings. The lowest BCUT2D eigenvalue weighted by atomic mass is 9.92. The van der Waals surface area contributed by atoms with Crippen LogP contribution in [0.4, 0.5) is 11.4 Å². The molecule has 1 N–H and O–H groups in total. The summed E-state index contributed by atoms with van der Waals surface area (Å²) in [4.78, 5) is 29.7. The van der Waals surface area contributed by atoms with Crippen molar-refractivity contribution in [1.82, 2.24) is 0 Å². The summed E-state index contributed by atoms with van der Waals surface area (Å²) >= 11 is 0. The Morgan fingerprint density at radius 1 is 1.06 bits per heavy atom. The zero-order valence-corrected chi connectivity index (χ0v) is 19.4. The van der Waals surface area contributed by atoms with Gasteiger partial charge in [0.25, 0.3) is 5.91 Å². The van der Waals surface area contributed by atoms with E-state index in [-0.39, 0.29) is 23.7 Å². The first-order chi connectivity index (χ1) is 15.2. The first-order valence-electron chi connectivity index (χ1n) is 10.5. The third-order valence-corrected chi connectivity index (χ3v) is 5.47. The van der Waals surface area contributed by atoms with Crippen molar-refractivity contribution in [3.8, 4) is 11.5 Å². The molecule has 1 unspecified atom stereocenters. The van der Waals surface area contributed by atoms with Crippen molar-refractivity contribution in [1.29, 1.82) is 0 Å². The third kappa shape index (κ3) is 4.28. The van der Waals surface area contributed by atoms with Crippen LogP contribution in [-0.4, -0.2) is 45.1 Å². The Hall–Kier alpha value is -3.48. The number of nitrogens with zero attached hydrogens (tertiary/aromatic N) is 2. The largest absolute Gasteiger partial charge is 0.503 e. The standard InChI is InChI=1S/C25H30N2O5/c1-15(2)13-19(28)22-23(16-7-9-17(10-8-16)26(3)4)27(25(30)24(22)29)18-11-12-20(31-5)21(14-18)32-6/h7-12,14-15,23,29H,13H2,1-6H3. The molecule has 0 fully saturated rings. The Labute approximate surface area is 188 Å². The van der Waals surface area contributed by atoms with E-state index in [1.54, 1.807) is 18.2 Å². The molecule has 170 valence electrons. The number of ether oxygens (including phenoxy) is 2. The van der Waals surface area contributed by atoms with Crippen molar-refractivity contribution in [3.05, 3.63) is 59.4 Å². The summed E-state index contributed by atoms with van der Waals surface area (Å²) < 4.78 is 10.7. The molecule has 2 aromatic rings. The molecular weight excluding hydrogens is 408 g/mol. The summed E-state index contributed by atoms with van der Waals surface area (Å²) in [7, 11) is 6.92. The predicted octanol–water partition coefficient (Wildman–Crippen LogP) is 4.29. The van der Waals surface area contributed by atoms with Gasteiger partial charge in [-0.05, 0) is 35.7 Å². The van der Waals surface area contributed by atoms with Gasteiger partial charge in [0.1, 0.15) is 0 Å². The minimum atomic E-state index is -0.747. The number of ketones is 1. The van der Waals surface area contributed by atoms with E-state index in [1.165, 1.54) is 19.1 Å². The van der Waals surface area contributed by atoms with E-state index >= 15 is 0 Å². The molecule has 1 heterocycles. The van der Waals surface area contributed by atoms with Crippen LogP contribution in [0.15, 0.2) is 53.8 Å². The zero-order chi connectivity index (χ0) is 23.6. The normalized spacial score (nSPS) is 16.0. The molecular formula is C25H30N2O5. The maximum Gasteiger partial charge on any atom is 0.294 e. The van der Waals surface area contributed by atoms with Crippen LogP contribution in [0.3, 0.4) is 0 Å². The lowest BCUT2D eigenvalue weighted by Gasteiger charge is -2.28. The van der Waals surface area contributed by atoms with E-state index in [2.05, 4.69) is 0 Å². The van der Waals surface area contributed by atoms with Crippen LogP contribution in [0.5, 0.6) is 11.5 Å². The average molecular weight is 439 g/mol. The van der Waals surface area contributed by atoms with Gasteiger partial charge in [0.15, 0.2) is 23.0 Å². The fourth-order valence-corrected chi connectivity index (χ4v) is 3.88. The number of aliphatic hydroxyl groups is 1. The SMILES string of the molecule is COc1ccc(N2C(=O)C(O)=C(C(=O)CC(C)C)C2c2ccc(N(C)C)cc2)cc1OC. The molecule has 0 aromatic heterocycles. The number of aliphatic hydroxyl groups excluding tert-OH is 1. The number of hydrogen-bond donors (Lipinski definition) is 1. The highest BCUT2D eigenvalue weighted by Crippen LogP contribution is 2.44. The number of carbonyl (C=O) groups is 2. The minimum Gasteiger partial charge on any atom is -0.503 e. The van der Waals surface area contributed by atoms with Gasteiger partial charge in [0.05, 0.1) is 25.8 Å². The van der Waals surface area contributed by atoms with Crippen LogP contribution in [0.1, 0.15) is 31.9 Å². The summed E-state index contributed by atoms with van der Waals surface area (Å²) in [5.74, 6) is -0.317. The van der Waals surface area contributed by atoms with Gasteiger partial charge in [-0.25, -0.2) is 0 Å². The van der Waals surface area contributed by atoms with E-state index < -0.39 is 17.7 Å². The van der Waals surface area contributed by atoms with Crippen LogP contribution in [-0.2, 0) is 9.59 Å². The van der Waals surface area contributed by atoms with Crippen molar-refractivity contribution >= 4 is 23.1 Å². The van der Waals surface area contributed by atoms with Crippen LogP contribution < -0.4 is 19.3 Å². The van der Waals surface area contributed by atoms with E-state index in [0.717, 1.165) is 11.3 Å². The molecule has 0 saturated carbocycles.